The fraction of sp³-hybridized carbons (Fsp3) is 0.368. The molecule has 0 saturated carbocycles. The second-order valence-corrected chi connectivity index (χ2v) is 72.7. The molecular formula is C87H129Br4ClO3S7Si6. The average Bonchev–Trinajstić information content (AvgIpc) is 1.70. The van der Waals surface area contributed by atoms with E-state index < -0.39 is 47.8 Å². The highest BCUT2D eigenvalue weighted by molar-refractivity contribution is 9.11. The van der Waals surface area contributed by atoms with Crippen molar-refractivity contribution in [2.75, 3.05) is 0 Å². The van der Waals surface area contributed by atoms with Gasteiger partial charge in [-0.2, -0.15) is 33.8 Å². The lowest BCUT2D eigenvalue weighted by Crippen LogP contribution is -2.38. The van der Waals surface area contributed by atoms with Gasteiger partial charge in [0.05, 0.1) is 62.2 Å². The van der Waals surface area contributed by atoms with E-state index in [0.29, 0.717) is 0 Å². The molecule has 3 aromatic carbocycles. The normalized spacial score (nSPS) is 10.8. The standard InChI is InChI=1S/C17H23BrSSi.C17H24OSSi.C10H16OSSi.C10H14OSSi.C9H14SSi.C7H7Br.C5H4Br2S.C5H11ClSi.C4H4S.3CH4/c2*1-14-6-8-15(9-7-14)5-4-12-20(2,3)17-11-10-16(13-18)19-17;2*1-4-7-13(2,3)10-6-5-9(8-11)12-10;1-4-8-11(2,3)9-6-5-7-10-9;1-6-2-4-7(8)5-3-6;6-3-4-1-2-5(7)8-4;1-4-5-7(2,3)6;1-2-4-5-3-1;;;/h6-11H,4-5,12-13H2,1-3H3;6-11,18H,4-5,12-13H2,1-3H3;4-6,11H,1,7-8H2,2-3H3;4-6,8H,1,7H2,2-3H3;4-7H,1,8H2,2-3H3;2-5H,1H3;1-2H,3H2;4H,1,5H2,2-3H3;1-4H;3*1H4. The molecule has 3 nitrogen and oxygen atoms in total. The van der Waals surface area contributed by atoms with Crippen LogP contribution in [0, 0.1) is 20.8 Å². The van der Waals surface area contributed by atoms with E-state index in [-0.39, 0.29) is 35.5 Å². The van der Waals surface area contributed by atoms with Gasteiger partial charge in [0.25, 0.3) is 0 Å². The van der Waals surface area contributed by atoms with Crippen molar-refractivity contribution in [1.82, 2.24) is 0 Å². The van der Waals surface area contributed by atoms with Crippen LogP contribution in [0.1, 0.15) is 92.1 Å². The van der Waals surface area contributed by atoms with Crippen LogP contribution >= 0.6 is 154 Å². The van der Waals surface area contributed by atoms with E-state index in [0.717, 1.165) is 54.2 Å². The molecule has 596 valence electrons. The maximum atomic E-state index is 10.5. The minimum Gasteiger partial charge on any atom is -0.391 e. The van der Waals surface area contributed by atoms with Crippen LogP contribution in [-0.2, 0) is 36.7 Å². The van der Waals surface area contributed by atoms with E-state index in [9.17, 15) is 9.90 Å². The van der Waals surface area contributed by atoms with Gasteiger partial charge in [-0.05, 0) is 172 Å². The molecular weight excluding hydrogens is 1840 g/mol. The second kappa shape index (κ2) is 57.6. The first-order valence-electron chi connectivity index (χ1n) is 35.4. The number of benzene rings is 3. The fourth-order valence-corrected chi connectivity index (χ4v) is 33.9. The number of halogens is 5. The molecule has 0 spiro atoms. The average molecular weight is 1970 g/mol. The first-order chi connectivity index (χ1) is 49.6. The largest absolute Gasteiger partial charge is 0.391 e. The smallest absolute Gasteiger partial charge is 0.159 e. The van der Waals surface area contributed by atoms with Crippen LogP contribution in [0.5, 0.6) is 0 Å². The predicted molar refractivity (Wildman–Crippen MR) is 537 cm³/mol. The van der Waals surface area contributed by atoms with Gasteiger partial charge in [-0.3, -0.25) is 4.79 Å². The van der Waals surface area contributed by atoms with Crippen molar-refractivity contribution in [3.05, 3.63) is 285 Å². The van der Waals surface area contributed by atoms with Crippen molar-refractivity contribution in [1.29, 1.82) is 0 Å². The van der Waals surface area contributed by atoms with Gasteiger partial charge < -0.3 is 10.2 Å². The zero-order valence-corrected chi connectivity index (χ0v) is 83.7. The Morgan fingerprint density at radius 2 is 0.759 bits per heavy atom. The molecule has 7 aromatic heterocycles. The molecule has 21 heteroatoms. The lowest BCUT2D eigenvalue weighted by molar-refractivity contribution is 0.112. The first-order valence-corrected chi connectivity index (χ1v) is 65.4. The number of aldehydes is 1. The van der Waals surface area contributed by atoms with Crippen LogP contribution in [0.2, 0.25) is 115 Å². The molecule has 10 rings (SSSR count). The number of rotatable bonds is 26. The number of hydrogen-bond acceptors (Lipinski definition) is 10. The maximum absolute atomic E-state index is 10.5. The lowest BCUT2D eigenvalue weighted by atomic mass is 10.1. The summed E-state index contributed by atoms with van der Waals surface area (Å²) in [6.07, 6.45) is 13.8. The number of aliphatic hydroxyl groups is 2. The second-order valence-electron chi connectivity index (χ2n) is 29.3. The Morgan fingerprint density at radius 3 is 1.04 bits per heavy atom. The molecule has 108 heavy (non-hydrogen) atoms. The highest BCUT2D eigenvalue weighted by Gasteiger charge is 2.28. The van der Waals surface area contributed by atoms with Gasteiger partial charge in [-0.25, -0.2) is 0 Å². The summed E-state index contributed by atoms with van der Waals surface area (Å²) in [6, 6.07) is 62.9. The summed E-state index contributed by atoms with van der Waals surface area (Å²) >= 11 is 32.1. The van der Waals surface area contributed by atoms with E-state index in [4.69, 9.17) is 16.2 Å². The molecule has 0 unspecified atom stereocenters. The number of thiophene rings is 7. The van der Waals surface area contributed by atoms with Crippen molar-refractivity contribution >= 4 is 231 Å². The van der Waals surface area contributed by atoms with Gasteiger partial charge in [-0.1, -0.05) is 324 Å². The molecule has 0 atom stereocenters. The number of aryl methyl sites for hydroxylation is 5. The molecule has 0 aliphatic rings. The summed E-state index contributed by atoms with van der Waals surface area (Å²) in [7, 11) is -7.62. The molecule has 0 amide bonds. The number of alkyl halides is 2. The summed E-state index contributed by atoms with van der Waals surface area (Å²) in [5, 5.41) is 26.3. The lowest BCUT2D eigenvalue weighted by Gasteiger charge is -2.20. The van der Waals surface area contributed by atoms with Gasteiger partial charge in [0, 0.05) is 34.6 Å². The number of aliphatic hydroxyl groups excluding tert-OH is 2. The van der Waals surface area contributed by atoms with Crippen molar-refractivity contribution in [3.63, 3.8) is 0 Å². The Morgan fingerprint density at radius 1 is 0.407 bits per heavy atom. The zero-order chi connectivity index (χ0) is 78.7. The van der Waals surface area contributed by atoms with E-state index in [1.54, 1.807) is 65.7 Å². The molecule has 0 aliphatic heterocycles. The highest BCUT2D eigenvalue weighted by atomic mass is 79.9. The molecule has 2 N–H and O–H groups in total. The fourth-order valence-electron chi connectivity index (χ4n) is 10.0. The number of carbonyl (C=O) groups excluding carboxylic acids is 1. The highest BCUT2D eigenvalue weighted by Crippen LogP contribution is 2.26. The molecule has 0 bridgehead atoms. The minimum atomic E-state index is -1.33. The molecule has 0 radical (unpaired) electrons. The topological polar surface area (TPSA) is 57.5 Å². The number of carbonyl (C=O) groups is 1. The quantitative estimate of drug-likeness (QED) is 0.0187. The predicted octanol–water partition coefficient (Wildman–Crippen LogP) is 29.9. The molecule has 10 aromatic rings. The van der Waals surface area contributed by atoms with E-state index in [1.165, 1.54) is 98.7 Å². The van der Waals surface area contributed by atoms with Crippen LogP contribution in [0.3, 0.4) is 0 Å². The van der Waals surface area contributed by atoms with Crippen LogP contribution in [0.15, 0.2) is 233 Å². The van der Waals surface area contributed by atoms with Crippen LogP contribution in [0.4, 0.5) is 0 Å². The maximum Gasteiger partial charge on any atom is 0.159 e. The molecule has 0 aliphatic carbocycles. The zero-order valence-electron chi connectivity index (χ0n) is 64.9. The third-order valence-corrected chi connectivity index (χ3v) is 51.7. The molecule has 0 saturated heterocycles. The summed E-state index contributed by atoms with van der Waals surface area (Å²) in [5.41, 5.74) is 6.91. The van der Waals surface area contributed by atoms with Gasteiger partial charge >= 0.3 is 0 Å². The number of hydrogen-bond donors (Lipinski definition) is 2. The third kappa shape index (κ3) is 45.6. The van der Waals surface area contributed by atoms with Crippen molar-refractivity contribution in [2.24, 2.45) is 0 Å². The summed E-state index contributed by atoms with van der Waals surface area (Å²) in [4.78, 5) is 16.3. The first kappa shape index (κ1) is 108. The van der Waals surface area contributed by atoms with E-state index >= 15 is 0 Å². The van der Waals surface area contributed by atoms with Gasteiger partial charge in [0.15, 0.2) is 13.7 Å². The SMILES string of the molecule is BrCc1ccc(Br)s1.C.C.C.C=CC[Si](C)(C)Cl.C=CC[Si](C)(C)c1ccc(C=O)s1.C=CC[Si](C)(C)c1ccc(CO)s1.C=CC[Si](C)(C)c1cccs1.Cc1ccc(Br)cc1.Cc1ccc(CCC[Si](C)(C)c2ccc(CBr)s2)cc1.Cc1ccc(CCC[Si](C)(C)c2ccc(CO)s2)cc1.c1ccsc1. The summed E-state index contributed by atoms with van der Waals surface area (Å²) < 4.78 is 9.93. The van der Waals surface area contributed by atoms with Crippen molar-refractivity contribution in [2.45, 2.75) is 207 Å². The van der Waals surface area contributed by atoms with Gasteiger partial charge in [-0.15, -0.1) is 83.0 Å². The van der Waals surface area contributed by atoms with Crippen LogP contribution in [0.25, 0.3) is 0 Å². The summed E-state index contributed by atoms with van der Waals surface area (Å²) in [6.45, 7) is 49.8. The van der Waals surface area contributed by atoms with Crippen molar-refractivity contribution < 1.29 is 15.0 Å². The minimum absolute atomic E-state index is 0. The Labute approximate surface area is 729 Å². The molecule has 0 fully saturated rings. The van der Waals surface area contributed by atoms with E-state index in [1.807, 2.05) is 94.1 Å². The monoisotopic (exact) mass is 1960 g/mol. The van der Waals surface area contributed by atoms with Gasteiger partial charge in [0.2, 0.25) is 0 Å². The Hall–Kier alpha value is -2.38. The Bertz CT molecular complexity index is 3800. The number of allylic oxidation sites excluding steroid dienone is 4. The van der Waals surface area contributed by atoms with Crippen LogP contribution < -0.4 is 22.5 Å². The van der Waals surface area contributed by atoms with Crippen molar-refractivity contribution in [3.8, 4) is 0 Å². The molecule has 7 heterocycles. The Kier molecular flexibility index (Phi) is 57.4. The Balaban J connectivity index is 0. The van der Waals surface area contributed by atoms with E-state index in [2.05, 4.69) is 316 Å². The van der Waals surface area contributed by atoms with Crippen LogP contribution in [-0.4, -0.2) is 64.3 Å². The third-order valence-electron chi connectivity index (χ3n) is 16.6. The summed E-state index contributed by atoms with van der Waals surface area (Å²) in [5.74, 6) is 0. The van der Waals surface area contributed by atoms with Gasteiger partial charge in [0.1, 0.15) is 0 Å².